The minimum atomic E-state index is -0.842. The highest BCUT2D eigenvalue weighted by Gasteiger charge is 2.27. The molecule has 0 saturated heterocycles. The van der Waals surface area contributed by atoms with Crippen molar-refractivity contribution >= 4 is 121 Å². The predicted molar refractivity (Wildman–Crippen MR) is 438 cm³/mol. The largest absolute Gasteiger partial charge is 0.402 e. The van der Waals surface area contributed by atoms with Gasteiger partial charge in [-0.15, -0.1) is 0 Å². The monoisotopic (exact) mass is 1710 g/mol. The van der Waals surface area contributed by atoms with Crippen LogP contribution in [-0.2, 0) is 0 Å². The van der Waals surface area contributed by atoms with Crippen LogP contribution >= 0.6 is 97.1 Å². The molecular formula is C85H64BrCl7F3N13O4. The Labute approximate surface area is 693 Å². The van der Waals surface area contributed by atoms with E-state index in [-0.39, 0.29) is 38.9 Å². The first-order valence-electron chi connectivity index (χ1n) is 33.6. The molecule has 8 aromatic carbocycles. The fraction of sp³-hybridized carbons (Fsp3) is 0.118. The molecule has 28 heteroatoms. The summed E-state index contributed by atoms with van der Waals surface area (Å²) in [5.74, 6) is -3.64. The second-order valence-electron chi connectivity index (χ2n) is 25.1. The number of carbonyl (C=O) groups excluding carboxylic acids is 4. The van der Waals surface area contributed by atoms with Gasteiger partial charge in [-0.3, -0.25) is 34.1 Å². The molecule has 0 saturated carbocycles. The highest BCUT2D eigenvalue weighted by atomic mass is 79.9. The molecule has 3 heterocycles. The molecule has 17 nitrogen and oxygen atoms in total. The zero-order valence-electron chi connectivity index (χ0n) is 60.5. The lowest BCUT2D eigenvalue weighted by Gasteiger charge is -2.21. The van der Waals surface area contributed by atoms with Gasteiger partial charge >= 0.3 is 0 Å². The number of halogens is 11. The van der Waals surface area contributed by atoms with E-state index < -0.39 is 47.5 Å². The molecule has 8 N–H and O–H groups in total. The molecule has 570 valence electrons. The van der Waals surface area contributed by atoms with Gasteiger partial charge in [-0.05, 0) is 265 Å². The Balaban J connectivity index is 0.000000189. The van der Waals surface area contributed by atoms with Gasteiger partial charge in [0.25, 0.3) is 23.6 Å². The van der Waals surface area contributed by atoms with E-state index in [4.69, 9.17) is 114 Å². The summed E-state index contributed by atoms with van der Waals surface area (Å²) in [6.07, 6.45) is 7.86. The summed E-state index contributed by atoms with van der Waals surface area (Å²) < 4.78 is 42.9. The van der Waals surface area contributed by atoms with Crippen LogP contribution < -0.4 is 32.7 Å². The van der Waals surface area contributed by atoms with Crippen molar-refractivity contribution in [1.82, 2.24) is 36.2 Å². The van der Waals surface area contributed by atoms with Crippen LogP contribution in [0, 0.1) is 97.4 Å². The average Bonchev–Trinajstić information content (AvgIpc) is 0.572. The van der Waals surface area contributed by atoms with E-state index in [9.17, 15) is 32.3 Å². The Morgan fingerprint density at radius 3 is 1.18 bits per heavy atom. The predicted octanol–water partition coefficient (Wildman–Crippen LogP) is 20.4. The van der Waals surface area contributed by atoms with Crippen LogP contribution in [0.15, 0.2) is 223 Å². The fourth-order valence-corrected chi connectivity index (χ4v) is 12.3. The molecule has 1 unspecified atom stereocenters. The Kier molecular flexibility index (Phi) is 31.2. The Morgan fingerprint density at radius 2 is 0.796 bits per heavy atom. The summed E-state index contributed by atoms with van der Waals surface area (Å²) in [6, 6.07) is 51.4. The topological polar surface area (TPSA) is 302 Å². The molecule has 0 radical (unpaired) electrons. The van der Waals surface area contributed by atoms with Crippen LogP contribution in [-0.4, -0.2) is 38.6 Å². The zero-order valence-corrected chi connectivity index (χ0v) is 67.4. The van der Waals surface area contributed by atoms with E-state index >= 15 is 0 Å². The minimum Gasteiger partial charge on any atom is -0.402 e. The van der Waals surface area contributed by atoms with Crippen molar-refractivity contribution in [2.75, 3.05) is 0 Å². The van der Waals surface area contributed by atoms with Crippen molar-refractivity contribution in [3.8, 4) is 24.3 Å². The van der Waals surface area contributed by atoms with Crippen molar-refractivity contribution in [2.24, 2.45) is 11.5 Å². The smallest absolute Gasteiger partial charge is 0.252 e. The lowest BCUT2D eigenvalue weighted by atomic mass is 9.98. The second-order valence-corrected chi connectivity index (χ2v) is 29.0. The van der Waals surface area contributed by atoms with Gasteiger partial charge in [0.15, 0.2) is 0 Å². The van der Waals surface area contributed by atoms with Crippen LogP contribution in [0.2, 0.25) is 35.2 Å². The maximum absolute atomic E-state index is 14.1. The maximum atomic E-state index is 14.1. The number of nitrogens with two attached hydrogens (primary N) is 2. The number of nitriles is 4. The van der Waals surface area contributed by atoms with Crippen molar-refractivity contribution in [3.05, 3.63) is 387 Å². The Bertz CT molecular complexity index is 5460. The van der Waals surface area contributed by atoms with Gasteiger partial charge in [0.1, 0.15) is 23.5 Å². The molecule has 0 aliphatic heterocycles. The third-order valence-electron chi connectivity index (χ3n) is 17.0. The van der Waals surface area contributed by atoms with Gasteiger partial charge in [0.2, 0.25) is 0 Å². The summed E-state index contributed by atoms with van der Waals surface area (Å²) in [5.41, 5.74) is 23.2. The number of hydrogen-bond acceptors (Lipinski definition) is 13. The summed E-state index contributed by atoms with van der Waals surface area (Å²) in [6.45, 7) is 10.6. The normalized spacial score (nSPS) is 11.9. The summed E-state index contributed by atoms with van der Waals surface area (Å²) >= 11 is 45.0. The van der Waals surface area contributed by atoms with Crippen molar-refractivity contribution in [1.29, 1.82) is 21.0 Å². The highest BCUT2D eigenvalue weighted by molar-refractivity contribution is 9.10. The Morgan fingerprint density at radius 1 is 0.398 bits per heavy atom. The standard InChI is InChI=1S/C22H16Cl2FN3O.C21H15BrClN3O.C21H13Cl2F2N3O.C21H20Cl2N4O/c1-12-7-15(3-4-16(12)10-26)22(29)28-21(14-5-6-18(24)19(25)9-14)20-13(2)8-17(23)11-27-20;1-13-10-15(2-3-16(13)11-24)21(27)26-20(14-4-7-18(23)8-5-14)19-9-6-17(22)12-25-19;1-11-6-15(22)10-27-19(11)20(12-4-5-16(23)18(25)7-12)28-21(29)13-2-3-14(9-26)17(24)8-13;1-12-9-15(4-5-16(12)11-24)21(28)27-20(19(26)8-3-13(2)25)14-6-7-17(22)18(23)10-14/h3-9,11,21H,1-2H3,(H,28,29);2-10,12,20H,1H3,(H,26,27);2-8,10,20H,1H3,(H,28,29);3-10,20H,25-26H2,1-2H3,(H,27,28)/b;;;13-3-,19-8-/t21-;2*20-;/m010./s1. The second kappa shape index (κ2) is 40.6. The van der Waals surface area contributed by atoms with Crippen molar-refractivity contribution in [2.45, 2.75) is 65.7 Å². The number of hydrogen-bond donors (Lipinski definition) is 6. The average molecular weight is 1720 g/mol. The first-order chi connectivity index (χ1) is 53.8. The van der Waals surface area contributed by atoms with Crippen LogP contribution in [0.4, 0.5) is 13.2 Å². The number of carbonyl (C=O) groups is 4. The number of nitrogens with one attached hydrogen (secondary N) is 4. The van der Waals surface area contributed by atoms with Crippen molar-refractivity contribution in [3.63, 3.8) is 0 Å². The SMILES string of the molecule is C/C(N)=C/C=C(\N)C(NC(=O)c1ccc(C#N)c(C)c1)c1ccc(Cl)c(Cl)c1.Cc1cc(C(=O)N[C@@H](c2ccc(Cl)c(F)c2)c2ncc(Cl)cc2C)ccc1C#N.Cc1cc(C(=O)N[C@H](c2ccc(Cl)cc2)c2ccc(Br)cn2)ccc1C#N.Cc1cc(Cl)cnc1[C@@H](NC(=O)c1ccc(C#N)c(F)c1)c1ccc(Cl)c(F)c1. The maximum Gasteiger partial charge on any atom is 0.252 e. The summed E-state index contributed by atoms with van der Waals surface area (Å²) in [7, 11) is 0. The molecular weight excluding hydrogens is 1650 g/mol. The molecule has 4 amide bonds. The lowest BCUT2D eigenvalue weighted by molar-refractivity contribution is 0.0933. The van der Waals surface area contributed by atoms with E-state index in [1.807, 2.05) is 38.1 Å². The number of amides is 4. The molecule has 3 aromatic heterocycles. The number of aromatic nitrogens is 3. The number of benzene rings is 8. The molecule has 0 aliphatic rings. The van der Waals surface area contributed by atoms with E-state index in [0.717, 1.165) is 27.2 Å². The van der Waals surface area contributed by atoms with Crippen LogP contribution in [0.1, 0.15) is 162 Å². The molecule has 0 bridgehead atoms. The van der Waals surface area contributed by atoms with Crippen LogP contribution in [0.5, 0.6) is 0 Å². The van der Waals surface area contributed by atoms with Gasteiger partial charge in [0.05, 0.1) is 112 Å². The van der Waals surface area contributed by atoms with Gasteiger partial charge in [0, 0.05) is 61.7 Å². The fourth-order valence-electron chi connectivity index (χ4n) is 11.0. The number of nitrogens with zero attached hydrogens (tertiary/aromatic N) is 7. The molecule has 0 aliphatic carbocycles. The van der Waals surface area contributed by atoms with Crippen molar-refractivity contribution < 1.29 is 32.3 Å². The first-order valence-corrected chi connectivity index (χ1v) is 37.0. The highest BCUT2D eigenvalue weighted by Crippen LogP contribution is 2.33. The van der Waals surface area contributed by atoms with E-state index in [2.05, 4.69) is 70.4 Å². The minimum absolute atomic E-state index is 0.00699. The third kappa shape index (κ3) is 23.7. The quantitative estimate of drug-likeness (QED) is 0.0463. The summed E-state index contributed by atoms with van der Waals surface area (Å²) in [5, 5.41) is 49.8. The zero-order chi connectivity index (χ0) is 82.5. The van der Waals surface area contributed by atoms with Gasteiger partial charge < -0.3 is 32.7 Å². The first kappa shape index (κ1) is 87.0. The van der Waals surface area contributed by atoms with Gasteiger partial charge in [-0.25, -0.2) is 13.2 Å². The van der Waals surface area contributed by atoms with E-state index in [1.165, 1.54) is 48.8 Å². The molecule has 11 rings (SSSR count). The molecule has 11 aromatic rings. The Hall–Kier alpha value is -11.6. The third-order valence-corrected chi connectivity index (χ3v) is 19.4. The number of aryl methyl sites for hydroxylation is 5. The van der Waals surface area contributed by atoms with Gasteiger partial charge in [-0.1, -0.05) is 112 Å². The lowest BCUT2D eigenvalue weighted by Crippen LogP contribution is -2.32. The molecule has 4 atom stereocenters. The molecule has 0 fully saturated rings. The number of pyridine rings is 3. The number of allylic oxidation sites excluding steroid dienone is 3. The van der Waals surface area contributed by atoms with E-state index in [0.29, 0.717) is 120 Å². The van der Waals surface area contributed by atoms with Crippen LogP contribution in [0.25, 0.3) is 0 Å². The van der Waals surface area contributed by atoms with E-state index in [1.54, 1.807) is 161 Å². The number of rotatable bonds is 17. The molecule has 113 heavy (non-hydrogen) atoms. The summed E-state index contributed by atoms with van der Waals surface area (Å²) in [4.78, 5) is 64.4. The molecule has 0 spiro atoms. The van der Waals surface area contributed by atoms with Crippen LogP contribution in [0.3, 0.4) is 0 Å². The van der Waals surface area contributed by atoms with Gasteiger partial charge in [-0.2, -0.15) is 21.0 Å².